The Kier molecular flexibility index (Phi) is 2.64. The number of Topliss-reactive ketones (excluding diaryl/α,β-unsaturated/α-hetero) is 1. The number of hydrogen-bond acceptors (Lipinski definition) is 3. The Morgan fingerprint density at radius 2 is 2.08 bits per heavy atom. The molecule has 0 heterocycles. The number of carbonyl (C=O) groups excluding carboxylic acids is 1. The lowest BCUT2D eigenvalue weighted by atomic mass is 10.1. The van der Waals surface area contributed by atoms with Crippen LogP contribution in [0.1, 0.15) is 15.9 Å². The van der Waals surface area contributed by atoms with Gasteiger partial charge in [0.1, 0.15) is 6.07 Å². The third-order valence-corrected chi connectivity index (χ3v) is 1.78. The second-order valence-electron chi connectivity index (χ2n) is 2.22. The highest BCUT2D eigenvalue weighted by molar-refractivity contribution is 6.35. The number of halogens is 1. The molecular formula is C9H3ClN2O. The number of ketones is 1. The zero-order chi connectivity index (χ0) is 9.84. The standard InChI is InChI=1S/C9H3ClN2O/c10-7-3-1-2-6(4-11)9(7)8(13)5-12/h1-3H. The molecule has 3 nitrogen and oxygen atoms in total. The van der Waals surface area contributed by atoms with Gasteiger partial charge in [0, 0.05) is 0 Å². The number of nitriles is 2. The SMILES string of the molecule is N#CC(=O)c1c(Cl)cccc1C#N. The number of rotatable bonds is 1. The number of carbonyl (C=O) groups is 1. The van der Waals surface area contributed by atoms with Gasteiger partial charge < -0.3 is 0 Å². The van der Waals surface area contributed by atoms with E-state index < -0.39 is 5.78 Å². The maximum absolute atomic E-state index is 11.0. The van der Waals surface area contributed by atoms with Crippen LogP contribution in [-0.2, 0) is 0 Å². The molecule has 0 atom stereocenters. The second kappa shape index (κ2) is 3.71. The first-order valence-electron chi connectivity index (χ1n) is 3.33. The predicted octanol–water partition coefficient (Wildman–Crippen LogP) is 1.92. The van der Waals surface area contributed by atoms with Crippen LogP contribution in [0.5, 0.6) is 0 Å². The lowest BCUT2D eigenvalue weighted by Gasteiger charge is -1.98. The van der Waals surface area contributed by atoms with Crippen molar-refractivity contribution in [1.82, 2.24) is 0 Å². The molecule has 0 bridgehead atoms. The van der Waals surface area contributed by atoms with Crippen molar-refractivity contribution in [2.45, 2.75) is 0 Å². The summed E-state index contributed by atoms with van der Waals surface area (Å²) in [6, 6.07) is 7.67. The topological polar surface area (TPSA) is 64.7 Å². The van der Waals surface area contributed by atoms with E-state index in [1.54, 1.807) is 12.1 Å². The van der Waals surface area contributed by atoms with Crippen molar-refractivity contribution >= 4 is 17.4 Å². The Morgan fingerprint density at radius 1 is 1.38 bits per heavy atom. The van der Waals surface area contributed by atoms with Crippen LogP contribution in [0.15, 0.2) is 18.2 Å². The van der Waals surface area contributed by atoms with Gasteiger partial charge in [0.15, 0.2) is 0 Å². The summed E-state index contributed by atoms with van der Waals surface area (Å²) in [5.74, 6) is -0.790. The van der Waals surface area contributed by atoms with E-state index in [1.165, 1.54) is 18.2 Å². The average molecular weight is 191 g/mol. The zero-order valence-corrected chi connectivity index (χ0v) is 7.17. The molecule has 0 aliphatic heterocycles. The highest BCUT2D eigenvalue weighted by Gasteiger charge is 2.13. The number of nitrogens with zero attached hydrogens (tertiary/aromatic N) is 2. The molecule has 0 aromatic heterocycles. The van der Waals surface area contributed by atoms with Crippen LogP contribution in [-0.4, -0.2) is 5.78 Å². The summed E-state index contributed by atoms with van der Waals surface area (Å²) in [5.41, 5.74) is 0.105. The maximum atomic E-state index is 11.0. The Hall–Kier alpha value is -1.84. The summed E-state index contributed by atoms with van der Waals surface area (Å²) in [5, 5.41) is 17.1. The molecule has 0 unspecified atom stereocenters. The van der Waals surface area contributed by atoms with Gasteiger partial charge in [-0.3, -0.25) is 4.79 Å². The van der Waals surface area contributed by atoms with E-state index in [0.29, 0.717) is 0 Å². The van der Waals surface area contributed by atoms with Crippen LogP contribution >= 0.6 is 11.6 Å². The lowest BCUT2D eigenvalue weighted by molar-refractivity contribution is 0.105. The monoisotopic (exact) mass is 190 g/mol. The zero-order valence-electron chi connectivity index (χ0n) is 6.41. The van der Waals surface area contributed by atoms with E-state index in [0.717, 1.165) is 0 Å². The third-order valence-electron chi connectivity index (χ3n) is 1.46. The first-order valence-corrected chi connectivity index (χ1v) is 3.71. The normalized spacial score (nSPS) is 8.54. The van der Waals surface area contributed by atoms with Gasteiger partial charge in [-0.05, 0) is 12.1 Å². The predicted molar refractivity (Wildman–Crippen MR) is 46.1 cm³/mol. The van der Waals surface area contributed by atoms with Crippen molar-refractivity contribution in [1.29, 1.82) is 10.5 Å². The van der Waals surface area contributed by atoms with Crippen molar-refractivity contribution in [2.24, 2.45) is 0 Å². The van der Waals surface area contributed by atoms with Crippen molar-refractivity contribution in [3.8, 4) is 12.1 Å². The van der Waals surface area contributed by atoms with Crippen LogP contribution < -0.4 is 0 Å². The molecule has 0 saturated heterocycles. The van der Waals surface area contributed by atoms with Gasteiger partial charge in [-0.2, -0.15) is 10.5 Å². The second-order valence-corrected chi connectivity index (χ2v) is 2.62. The van der Waals surface area contributed by atoms with Gasteiger partial charge in [-0.1, -0.05) is 17.7 Å². The van der Waals surface area contributed by atoms with Crippen LogP contribution in [0.2, 0.25) is 5.02 Å². The van der Waals surface area contributed by atoms with Crippen LogP contribution in [0.25, 0.3) is 0 Å². The van der Waals surface area contributed by atoms with E-state index in [2.05, 4.69) is 0 Å². The van der Waals surface area contributed by atoms with Crippen molar-refractivity contribution < 1.29 is 4.79 Å². The fraction of sp³-hybridized carbons (Fsp3) is 0. The van der Waals surface area contributed by atoms with Gasteiger partial charge in [-0.25, -0.2) is 0 Å². The van der Waals surface area contributed by atoms with Crippen LogP contribution in [0, 0.1) is 22.7 Å². The van der Waals surface area contributed by atoms with Crippen molar-refractivity contribution in [3.05, 3.63) is 34.3 Å². The van der Waals surface area contributed by atoms with Gasteiger partial charge in [-0.15, -0.1) is 0 Å². The van der Waals surface area contributed by atoms with Crippen LogP contribution in [0.3, 0.4) is 0 Å². The fourth-order valence-electron chi connectivity index (χ4n) is 0.904. The fourth-order valence-corrected chi connectivity index (χ4v) is 1.16. The largest absolute Gasteiger partial charge is 0.277 e. The highest BCUT2D eigenvalue weighted by atomic mass is 35.5. The molecule has 0 saturated carbocycles. The summed E-state index contributed by atoms with van der Waals surface area (Å²) in [4.78, 5) is 11.0. The molecule has 0 aliphatic carbocycles. The summed E-state index contributed by atoms with van der Waals surface area (Å²) >= 11 is 5.66. The van der Waals surface area contributed by atoms with Gasteiger partial charge in [0.2, 0.25) is 0 Å². The quantitative estimate of drug-likeness (QED) is 0.502. The first kappa shape index (κ1) is 9.25. The summed E-state index contributed by atoms with van der Waals surface area (Å²) < 4.78 is 0. The molecule has 0 aliphatic rings. The Labute approximate surface area is 79.8 Å². The smallest absolute Gasteiger partial charge is 0.265 e. The molecule has 0 amide bonds. The van der Waals surface area contributed by atoms with Gasteiger partial charge >= 0.3 is 0 Å². The van der Waals surface area contributed by atoms with E-state index in [-0.39, 0.29) is 16.1 Å². The first-order chi connectivity index (χ1) is 6.20. The molecule has 13 heavy (non-hydrogen) atoms. The third kappa shape index (κ3) is 1.66. The molecule has 0 spiro atoms. The van der Waals surface area contributed by atoms with Gasteiger partial charge in [0.05, 0.1) is 22.2 Å². The Bertz CT molecular complexity index is 440. The van der Waals surface area contributed by atoms with Crippen LogP contribution in [0.4, 0.5) is 0 Å². The molecule has 1 rings (SSSR count). The summed E-state index contributed by atoms with van der Waals surface area (Å²) in [7, 11) is 0. The minimum Gasteiger partial charge on any atom is -0.277 e. The molecule has 0 N–H and O–H groups in total. The minimum absolute atomic E-state index is 0.0193. The molecule has 1 aromatic carbocycles. The Balaban J connectivity index is 3.44. The number of benzene rings is 1. The van der Waals surface area contributed by atoms with Crippen molar-refractivity contribution in [2.75, 3.05) is 0 Å². The molecule has 4 heteroatoms. The van der Waals surface area contributed by atoms with Crippen molar-refractivity contribution in [3.63, 3.8) is 0 Å². The molecular weight excluding hydrogens is 188 g/mol. The maximum Gasteiger partial charge on any atom is 0.265 e. The number of hydrogen-bond donors (Lipinski definition) is 0. The molecule has 0 fully saturated rings. The average Bonchev–Trinajstić information content (AvgIpc) is 2.16. The minimum atomic E-state index is -0.790. The lowest BCUT2D eigenvalue weighted by Crippen LogP contribution is -1.99. The highest BCUT2D eigenvalue weighted by Crippen LogP contribution is 2.19. The summed E-state index contributed by atoms with van der Waals surface area (Å²) in [6.07, 6.45) is 0. The molecule has 0 radical (unpaired) electrons. The summed E-state index contributed by atoms with van der Waals surface area (Å²) in [6.45, 7) is 0. The molecule has 62 valence electrons. The van der Waals surface area contributed by atoms with E-state index in [1.807, 2.05) is 0 Å². The molecule has 1 aromatic rings. The van der Waals surface area contributed by atoms with E-state index in [9.17, 15) is 4.79 Å². The van der Waals surface area contributed by atoms with Gasteiger partial charge in [0.25, 0.3) is 5.78 Å². The van der Waals surface area contributed by atoms with E-state index >= 15 is 0 Å². The van der Waals surface area contributed by atoms with E-state index in [4.69, 9.17) is 22.1 Å². The Morgan fingerprint density at radius 3 is 2.62 bits per heavy atom.